The van der Waals surface area contributed by atoms with E-state index in [0.717, 1.165) is 16.8 Å². The van der Waals surface area contributed by atoms with Crippen molar-refractivity contribution in [2.45, 2.75) is 6.92 Å². The molecule has 138 valence electrons. The summed E-state index contributed by atoms with van der Waals surface area (Å²) in [7, 11) is 0. The van der Waals surface area contributed by atoms with Crippen molar-refractivity contribution in [1.29, 1.82) is 0 Å². The highest BCUT2D eigenvalue weighted by atomic mass is 16.5. The van der Waals surface area contributed by atoms with E-state index >= 15 is 0 Å². The van der Waals surface area contributed by atoms with Crippen LogP contribution in [0.3, 0.4) is 0 Å². The number of nitrogens with one attached hydrogen (secondary N) is 2. The second-order valence-corrected chi connectivity index (χ2v) is 6.21. The quantitative estimate of drug-likeness (QED) is 0.528. The van der Waals surface area contributed by atoms with Gasteiger partial charge in [-0.25, -0.2) is 0 Å². The third kappa shape index (κ3) is 3.76. The summed E-state index contributed by atoms with van der Waals surface area (Å²) >= 11 is 0. The van der Waals surface area contributed by atoms with Crippen molar-refractivity contribution in [2.24, 2.45) is 0 Å². The van der Waals surface area contributed by atoms with Gasteiger partial charge < -0.3 is 10.1 Å². The molecule has 0 spiro atoms. The molecule has 28 heavy (non-hydrogen) atoms. The summed E-state index contributed by atoms with van der Waals surface area (Å²) in [5.74, 6) is 1.07. The second-order valence-electron chi connectivity index (χ2n) is 6.21. The van der Waals surface area contributed by atoms with Gasteiger partial charge in [0.1, 0.15) is 17.2 Å². The van der Waals surface area contributed by atoms with Crippen molar-refractivity contribution in [1.82, 2.24) is 15.2 Å². The standard InChI is InChI=1S/C22H18N4O2/c1-15-20(16-6-3-2-4-7-16)25-26-21(15)22(27)24-17-9-11-18(12-10-17)28-19-8-5-13-23-14-19/h2-14H,1H3,(H,24,27)(H,25,26). The first-order valence-electron chi connectivity index (χ1n) is 8.80. The number of H-pyrrole nitrogens is 1. The third-order valence-corrected chi connectivity index (χ3v) is 4.27. The SMILES string of the molecule is Cc1c(-c2ccccc2)n[nH]c1C(=O)Nc1ccc(Oc2cccnc2)cc1. The Hall–Kier alpha value is -3.93. The highest BCUT2D eigenvalue weighted by molar-refractivity contribution is 6.04. The van der Waals surface area contributed by atoms with Crippen molar-refractivity contribution < 1.29 is 9.53 Å². The first-order chi connectivity index (χ1) is 13.7. The van der Waals surface area contributed by atoms with Crippen LogP contribution < -0.4 is 10.1 Å². The molecular weight excluding hydrogens is 352 g/mol. The Morgan fingerprint density at radius 1 is 0.964 bits per heavy atom. The summed E-state index contributed by atoms with van der Waals surface area (Å²) in [6.07, 6.45) is 3.33. The summed E-state index contributed by atoms with van der Waals surface area (Å²) in [5.41, 5.74) is 3.65. The largest absolute Gasteiger partial charge is 0.456 e. The van der Waals surface area contributed by atoms with Crippen LogP contribution in [-0.4, -0.2) is 21.1 Å². The Balaban J connectivity index is 1.46. The van der Waals surface area contributed by atoms with Crippen LogP contribution in [0.1, 0.15) is 16.1 Å². The highest BCUT2D eigenvalue weighted by Gasteiger charge is 2.17. The number of anilines is 1. The van der Waals surface area contributed by atoms with Crippen molar-refractivity contribution in [3.63, 3.8) is 0 Å². The van der Waals surface area contributed by atoms with E-state index in [4.69, 9.17) is 4.74 Å². The number of pyridine rings is 1. The molecule has 6 heteroatoms. The lowest BCUT2D eigenvalue weighted by Crippen LogP contribution is -2.13. The van der Waals surface area contributed by atoms with E-state index in [1.54, 1.807) is 42.7 Å². The molecule has 0 aliphatic heterocycles. The van der Waals surface area contributed by atoms with Crippen LogP contribution in [0, 0.1) is 6.92 Å². The molecule has 0 aliphatic carbocycles. The number of hydrogen-bond acceptors (Lipinski definition) is 4. The number of hydrogen-bond donors (Lipinski definition) is 2. The maximum absolute atomic E-state index is 12.6. The van der Waals surface area contributed by atoms with Gasteiger partial charge in [0.15, 0.2) is 0 Å². The minimum atomic E-state index is -0.242. The predicted octanol–water partition coefficient (Wildman–Crippen LogP) is 4.82. The molecule has 2 aromatic heterocycles. The molecule has 0 unspecified atom stereocenters. The van der Waals surface area contributed by atoms with Gasteiger partial charge in [-0.1, -0.05) is 30.3 Å². The molecule has 0 saturated heterocycles. The van der Waals surface area contributed by atoms with Gasteiger partial charge in [-0.3, -0.25) is 14.9 Å². The monoisotopic (exact) mass is 370 g/mol. The molecule has 0 saturated carbocycles. The number of carbonyl (C=O) groups excluding carboxylic acids is 1. The number of benzene rings is 2. The Labute approximate surface area is 162 Å². The van der Waals surface area contributed by atoms with Gasteiger partial charge in [-0.15, -0.1) is 0 Å². The fourth-order valence-corrected chi connectivity index (χ4v) is 2.84. The Morgan fingerprint density at radius 2 is 1.75 bits per heavy atom. The molecule has 6 nitrogen and oxygen atoms in total. The topological polar surface area (TPSA) is 79.9 Å². The van der Waals surface area contributed by atoms with E-state index in [1.165, 1.54) is 0 Å². The van der Waals surface area contributed by atoms with Gasteiger partial charge in [0.2, 0.25) is 0 Å². The molecule has 1 amide bonds. The van der Waals surface area contributed by atoms with E-state index < -0.39 is 0 Å². The van der Waals surface area contributed by atoms with Gasteiger partial charge >= 0.3 is 0 Å². The van der Waals surface area contributed by atoms with E-state index in [-0.39, 0.29) is 5.91 Å². The number of aromatic amines is 1. The lowest BCUT2D eigenvalue weighted by molar-refractivity contribution is 0.102. The molecular formula is C22H18N4O2. The first-order valence-corrected chi connectivity index (χ1v) is 8.80. The summed E-state index contributed by atoms with van der Waals surface area (Å²) < 4.78 is 5.70. The summed E-state index contributed by atoms with van der Waals surface area (Å²) in [6, 6.07) is 20.5. The normalized spacial score (nSPS) is 10.5. The third-order valence-electron chi connectivity index (χ3n) is 4.27. The maximum atomic E-state index is 12.6. The van der Waals surface area contributed by atoms with E-state index in [0.29, 0.717) is 22.9 Å². The molecule has 2 N–H and O–H groups in total. The molecule has 0 fully saturated rings. The number of aromatic nitrogens is 3. The van der Waals surface area contributed by atoms with Gasteiger partial charge in [-0.2, -0.15) is 5.10 Å². The fourth-order valence-electron chi connectivity index (χ4n) is 2.84. The molecule has 0 bridgehead atoms. The minimum absolute atomic E-state index is 0.242. The van der Waals surface area contributed by atoms with Crippen molar-refractivity contribution in [2.75, 3.05) is 5.32 Å². The van der Waals surface area contributed by atoms with Crippen LogP contribution in [0.4, 0.5) is 5.69 Å². The first kappa shape index (κ1) is 17.5. The maximum Gasteiger partial charge on any atom is 0.273 e. The van der Waals surface area contributed by atoms with Gasteiger partial charge in [0.25, 0.3) is 5.91 Å². The fraction of sp³-hybridized carbons (Fsp3) is 0.0455. The predicted molar refractivity (Wildman–Crippen MR) is 107 cm³/mol. The zero-order chi connectivity index (χ0) is 19.3. The molecule has 0 atom stereocenters. The number of amides is 1. The van der Waals surface area contributed by atoms with Crippen LogP contribution in [0.2, 0.25) is 0 Å². The van der Waals surface area contributed by atoms with Gasteiger partial charge in [0, 0.05) is 23.0 Å². The van der Waals surface area contributed by atoms with Crippen molar-refractivity contribution in [3.05, 3.63) is 90.4 Å². The van der Waals surface area contributed by atoms with Crippen LogP contribution in [0.5, 0.6) is 11.5 Å². The molecule has 0 radical (unpaired) electrons. The summed E-state index contributed by atoms with van der Waals surface area (Å²) in [6.45, 7) is 1.88. The average molecular weight is 370 g/mol. The van der Waals surface area contributed by atoms with Crippen LogP contribution in [0.15, 0.2) is 79.1 Å². The van der Waals surface area contributed by atoms with Gasteiger partial charge in [-0.05, 0) is 43.3 Å². The molecule has 2 heterocycles. The van der Waals surface area contributed by atoms with E-state index in [9.17, 15) is 4.79 Å². The minimum Gasteiger partial charge on any atom is -0.456 e. The average Bonchev–Trinajstić information content (AvgIpc) is 3.12. The summed E-state index contributed by atoms with van der Waals surface area (Å²) in [4.78, 5) is 16.6. The summed E-state index contributed by atoms with van der Waals surface area (Å²) in [5, 5.41) is 10.0. The lowest BCUT2D eigenvalue weighted by Gasteiger charge is -2.07. The van der Waals surface area contributed by atoms with Crippen molar-refractivity contribution >= 4 is 11.6 Å². The smallest absolute Gasteiger partial charge is 0.273 e. The zero-order valence-corrected chi connectivity index (χ0v) is 15.2. The number of rotatable bonds is 5. The number of carbonyl (C=O) groups is 1. The Kier molecular flexibility index (Phi) is 4.84. The second kappa shape index (κ2) is 7.75. The Morgan fingerprint density at radius 3 is 2.46 bits per heavy atom. The highest BCUT2D eigenvalue weighted by Crippen LogP contribution is 2.25. The zero-order valence-electron chi connectivity index (χ0n) is 15.2. The number of nitrogens with zero attached hydrogens (tertiary/aromatic N) is 2. The van der Waals surface area contributed by atoms with Crippen LogP contribution in [0.25, 0.3) is 11.3 Å². The van der Waals surface area contributed by atoms with Crippen LogP contribution in [-0.2, 0) is 0 Å². The number of ether oxygens (including phenoxy) is 1. The van der Waals surface area contributed by atoms with Gasteiger partial charge in [0.05, 0.1) is 11.9 Å². The Bertz CT molecular complexity index is 1070. The molecule has 2 aromatic carbocycles. The van der Waals surface area contributed by atoms with E-state index in [1.807, 2.05) is 43.3 Å². The molecule has 4 rings (SSSR count). The molecule has 0 aliphatic rings. The van der Waals surface area contributed by atoms with Crippen LogP contribution >= 0.6 is 0 Å². The van der Waals surface area contributed by atoms with Crippen molar-refractivity contribution in [3.8, 4) is 22.8 Å². The van der Waals surface area contributed by atoms with E-state index in [2.05, 4.69) is 20.5 Å². The molecule has 4 aromatic rings. The lowest BCUT2D eigenvalue weighted by atomic mass is 10.1.